The van der Waals surface area contributed by atoms with Gasteiger partial charge in [-0.05, 0) is 18.8 Å². The van der Waals surface area contributed by atoms with Crippen LogP contribution < -0.4 is 5.73 Å². The third kappa shape index (κ3) is 2.42. The highest BCUT2D eigenvalue weighted by Crippen LogP contribution is 2.18. The molecular weight excluding hydrogens is 160 g/mol. The van der Waals surface area contributed by atoms with Gasteiger partial charge in [-0.15, -0.1) is 0 Å². The van der Waals surface area contributed by atoms with Crippen molar-refractivity contribution in [3.05, 3.63) is 24.3 Å². The summed E-state index contributed by atoms with van der Waals surface area (Å²) in [5.74, 6) is 0.696. The van der Waals surface area contributed by atoms with Gasteiger partial charge >= 0.3 is 0 Å². The molecule has 13 heavy (non-hydrogen) atoms. The fourth-order valence-electron chi connectivity index (χ4n) is 2.13. The Kier molecular flexibility index (Phi) is 2.81. The number of nitrogens with two attached hydrogens (primary N) is 1. The van der Waals surface area contributed by atoms with E-state index >= 15 is 0 Å². The maximum absolute atomic E-state index is 5.81. The minimum absolute atomic E-state index is 0.310. The molecule has 0 saturated heterocycles. The van der Waals surface area contributed by atoms with Crippen molar-refractivity contribution in [3.63, 3.8) is 0 Å². The molecule has 2 nitrogen and oxygen atoms in total. The highest BCUT2D eigenvalue weighted by molar-refractivity contribution is 5.05. The second kappa shape index (κ2) is 4.07. The van der Waals surface area contributed by atoms with Crippen molar-refractivity contribution in [1.82, 2.24) is 4.90 Å². The second-order valence-corrected chi connectivity index (χ2v) is 4.06. The van der Waals surface area contributed by atoms with Crippen molar-refractivity contribution in [3.8, 4) is 0 Å². The molecule has 0 fully saturated rings. The molecule has 72 valence electrons. The molecular formula is C11H18N2. The third-order valence-corrected chi connectivity index (χ3v) is 2.84. The van der Waals surface area contributed by atoms with Crippen LogP contribution >= 0.6 is 0 Å². The lowest BCUT2D eigenvalue weighted by atomic mass is 10.1. The lowest BCUT2D eigenvalue weighted by Crippen LogP contribution is -2.32. The first-order chi connectivity index (χ1) is 6.34. The quantitative estimate of drug-likeness (QED) is 0.643. The van der Waals surface area contributed by atoms with E-state index < -0.39 is 0 Å². The zero-order valence-electron chi connectivity index (χ0n) is 8.02. The minimum Gasteiger partial charge on any atom is -0.324 e. The fraction of sp³-hybridized carbons (Fsp3) is 0.636. The maximum Gasteiger partial charge on any atom is 0.0229 e. The van der Waals surface area contributed by atoms with Gasteiger partial charge in [0.15, 0.2) is 0 Å². The minimum atomic E-state index is 0.310. The molecule has 0 aromatic rings. The molecule has 0 radical (unpaired) electrons. The molecule has 2 unspecified atom stereocenters. The molecule has 2 atom stereocenters. The summed E-state index contributed by atoms with van der Waals surface area (Å²) < 4.78 is 0. The van der Waals surface area contributed by atoms with E-state index in [0.29, 0.717) is 12.0 Å². The lowest BCUT2D eigenvalue weighted by molar-refractivity contribution is 0.266. The van der Waals surface area contributed by atoms with E-state index in [1.165, 1.54) is 19.5 Å². The Morgan fingerprint density at radius 2 is 2.23 bits per heavy atom. The summed E-state index contributed by atoms with van der Waals surface area (Å²) in [7, 11) is 0. The molecule has 0 amide bonds. The van der Waals surface area contributed by atoms with E-state index in [2.05, 4.69) is 29.2 Å². The molecule has 0 spiro atoms. The molecule has 2 N–H and O–H groups in total. The molecule has 0 aromatic carbocycles. The first-order valence-corrected chi connectivity index (χ1v) is 5.16. The highest BCUT2D eigenvalue weighted by Gasteiger charge is 2.18. The summed E-state index contributed by atoms with van der Waals surface area (Å²) in [6.07, 6.45) is 11.3. The SMILES string of the molecule is NC1C=CC(CN2CC=CCC2)C1. The monoisotopic (exact) mass is 178 g/mol. The van der Waals surface area contributed by atoms with Gasteiger partial charge in [0.2, 0.25) is 0 Å². The first-order valence-electron chi connectivity index (χ1n) is 5.16. The first kappa shape index (κ1) is 8.97. The Bertz CT molecular complexity index is 220. The van der Waals surface area contributed by atoms with E-state index in [1.54, 1.807) is 0 Å². The smallest absolute Gasteiger partial charge is 0.0229 e. The van der Waals surface area contributed by atoms with E-state index in [9.17, 15) is 0 Å². The van der Waals surface area contributed by atoms with Gasteiger partial charge in [-0.2, -0.15) is 0 Å². The summed E-state index contributed by atoms with van der Waals surface area (Å²) in [5, 5.41) is 0. The van der Waals surface area contributed by atoms with Crippen LogP contribution in [0, 0.1) is 5.92 Å². The fourth-order valence-corrected chi connectivity index (χ4v) is 2.13. The zero-order chi connectivity index (χ0) is 9.10. The summed E-state index contributed by atoms with van der Waals surface area (Å²) >= 11 is 0. The van der Waals surface area contributed by atoms with E-state index in [-0.39, 0.29) is 0 Å². The summed E-state index contributed by atoms with van der Waals surface area (Å²) in [6.45, 7) is 3.53. The number of hydrogen-bond acceptors (Lipinski definition) is 2. The summed E-state index contributed by atoms with van der Waals surface area (Å²) in [6, 6.07) is 0.310. The average molecular weight is 178 g/mol. The van der Waals surface area contributed by atoms with Gasteiger partial charge in [0, 0.05) is 25.7 Å². The Balaban J connectivity index is 1.78. The molecule has 1 heterocycles. The lowest BCUT2D eigenvalue weighted by Gasteiger charge is -2.25. The number of hydrogen-bond donors (Lipinski definition) is 1. The second-order valence-electron chi connectivity index (χ2n) is 4.06. The van der Waals surface area contributed by atoms with Crippen LogP contribution in [0.5, 0.6) is 0 Å². The van der Waals surface area contributed by atoms with Gasteiger partial charge < -0.3 is 5.73 Å². The van der Waals surface area contributed by atoms with Crippen LogP contribution in [0.4, 0.5) is 0 Å². The number of rotatable bonds is 2. The van der Waals surface area contributed by atoms with Crippen molar-refractivity contribution < 1.29 is 0 Å². The zero-order valence-corrected chi connectivity index (χ0v) is 8.02. The Morgan fingerprint density at radius 3 is 2.85 bits per heavy atom. The summed E-state index contributed by atoms with van der Waals surface area (Å²) in [4.78, 5) is 2.51. The largest absolute Gasteiger partial charge is 0.324 e. The van der Waals surface area contributed by atoms with Crippen LogP contribution in [0.1, 0.15) is 12.8 Å². The van der Waals surface area contributed by atoms with Crippen LogP contribution in [0.15, 0.2) is 24.3 Å². The summed E-state index contributed by atoms with van der Waals surface area (Å²) in [5.41, 5.74) is 5.81. The topological polar surface area (TPSA) is 29.3 Å². The molecule has 2 aliphatic rings. The van der Waals surface area contributed by atoms with Gasteiger partial charge in [-0.25, -0.2) is 0 Å². The van der Waals surface area contributed by atoms with Gasteiger partial charge in [0.1, 0.15) is 0 Å². The highest BCUT2D eigenvalue weighted by atomic mass is 15.1. The predicted molar refractivity (Wildman–Crippen MR) is 55.4 cm³/mol. The van der Waals surface area contributed by atoms with Crippen LogP contribution in [0.3, 0.4) is 0 Å². The maximum atomic E-state index is 5.81. The normalized spacial score (nSPS) is 34.2. The Hall–Kier alpha value is -0.600. The van der Waals surface area contributed by atoms with Crippen LogP contribution in [-0.4, -0.2) is 30.6 Å². The van der Waals surface area contributed by atoms with Crippen molar-refractivity contribution in [1.29, 1.82) is 0 Å². The van der Waals surface area contributed by atoms with Crippen molar-refractivity contribution >= 4 is 0 Å². The van der Waals surface area contributed by atoms with Crippen LogP contribution in [0.25, 0.3) is 0 Å². The molecule has 1 aliphatic heterocycles. The van der Waals surface area contributed by atoms with Gasteiger partial charge in [0.05, 0.1) is 0 Å². The molecule has 2 heteroatoms. The Morgan fingerprint density at radius 1 is 1.31 bits per heavy atom. The van der Waals surface area contributed by atoms with Gasteiger partial charge in [0.25, 0.3) is 0 Å². The molecule has 1 aliphatic carbocycles. The van der Waals surface area contributed by atoms with E-state index in [4.69, 9.17) is 5.73 Å². The predicted octanol–water partition coefficient (Wildman–Crippen LogP) is 1.15. The van der Waals surface area contributed by atoms with E-state index in [1.807, 2.05) is 0 Å². The van der Waals surface area contributed by atoms with Crippen molar-refractivity contribution in [2.24, 2.45) is 11.7 Å². The Labute approximate surface area is 80.1 Å². The van der Waals surface area contributed by atoms with E-state index in [0.717, 1.165) is 13.0 Å². The third-order valence-electron chi connectivity index (χ3n) is 2.84. The molecule has 2 rings (SSSR count). The molecule has 0 aromatic heterocycles. The molecule has 0 saturated carbocycles. The van der Waals surface area contributed by atoms with Crippen LogP contribution in [-0.2, 0) is 0 Å². The molecule has 0 bridgehead atoms. The number of nitrogens with zero attached hydrogens (tertiary/aromatic N) is 1. The standard InChI is InChI=1S/C11H18N2/c12-11-5-4-10(8-11)9-13-6-2-1-3-7-13/h1-2,4-5,10-11H,3,6-9,12H2. The van der Waals surface area contributed by atoms with Crippen LogP contribution in [0.2, 0.25) is 0 Å². The van der Waals surface area contributed by atoms with Crippen molar-refractivity contribution in [2.75, 3.05) is 19.6 Å². The van der Waals surface area contributed by atoms with Crippen molar-refractivity contribution in [2.45, 2.75) is 18.9 Å². The van der Waals surface area contributed by atoms with Gasteiger partial charge in [-0.3, -0.25) is 4.90 Å². The van der Waals surface area contributed by atoms with Gasteiger partial charge in [-0.1, -0.05) is 24.3 Å². The average Bonchev–Trinajstić information content (AvgIpc) is 2.53.